The molecular weight excluding hydrogens is 379 g/mol. The van der Waals surface area contributed by atoms with Gasteiger partial charge in [0.2, 0.25) is 10.1 Å². The average Bonchev–Trinajstić information content (AvgIpc) is 3.15. The molecule has 0 radical (unpaired) electrons. The average molecular weight is 397 g/mol. The number of hydrogen-bond donors (Lipinski definition) is 2. The van der Waals surface area contributed by atoms with Crippen LogP contribution in [0.15, 0.2) is 30.5 Å². The zero-order chi connectivity index (χ0) is 19.0. The van der Waals surface area contributed by atoms with E-state index in [0.29, 0.717) is 22.3 Å². The molecule has 2 heterocycles. The maximum Gasteiger partial charge on any atom is 0.573 e. The molecule has 3 N–H and O–H groups in total. The Morgan fingerprint density at radius 1 is 1.22 bits per heavy atom. The molecule has 0 unspecified atom stereocenters. The summed E-state index contributed by atoms with van der Waals surface area (Å²) in [6.07, 6.45) is 0.814. The van der Waals surface area contributed by atoms with Crippen LogP contribution >= 0.6 is 11.3 Å². The second kappa shape index (κ2) is 7.01. The van der Waals surface area contributed by atoms with E-state index in [1.165, 1.54) is 29.5 Å². The number of halogens is 3. The van der Waals surface area contributed by atoms with Gasteiger partial charge in [-0.05, 0) is 37.8 Å². The molecule has 1 aliphatic rings. The minimum Gasteiger partial charge on any atom is -0.406 e. The summed E-state index contributed by atoms with van der Waals surface area (Å²) in [5, 5.41) is 8.69. The van der Waals surface area contributed by atoms with Gasteiger partial charge in [-0.1, -0.05) is 23.5 Å². The Morgan fingerprint density at radius 3 is 2.74 bits per heavy atom. The molecule has 1 aromatic carbocycles. The van der Waals surface area contributed by atoms with Crippen molar-refractivity contribution in [1.29, 1.82) is 0 Å². The molecule has 0 atom stereocenters. The van der Waals surface area contributed by atoms with E-state index >= 15 is 0 Å². The van der Waals surface area contributed by atoms with Gasteiger partial charge in [0.05, 0.1) is 11.9 Å². The topological polar surface area (TPSA) is 77.5 Å². The van der Waals surface area contributed by atoms with E-state index in [2.05, 4.69) is 20.1 Å². The van der Waals surface area contributed by atoms with Crippen molar-refractivity contribution in [2.75, 3.05) is 5.32 Å². The van der Waals surface area contributed by atoms with Crippen LogP contribution in [0.5, 0.6) is 5.75 Å². The first kappa shape index (κ1) is 18.1. The number of hydrogen-bond acceptors (Lipinski definition) is 6. The number of nitrogens with two attached hydrogens (primary N) is 1. The van der Waals surface area contributed by atoms with Crippen LogP contribution in [0.2, 0.25) is 0 Å². The number of nitrogens with zero attached hydrogens (tertiary/aromatic N) is 3. The van der Waals surface area contributed by atoms with Crippen LogP contribution in [-0.2, 0) is 0 Å². The molecular formula is C17H18F3N5OS. The fourth-order valence-electron chi connectivity index (χ4n) is 3.24. The third kappa shape index (κ3) is 4.16. The normalized spacial score (nSPS) is 20.7. The molecule has 1 aliphatic carbocycles. The van der Waals surface area contributed by atoms with E-state index in [-0.39, 0.29) is 11.8 Å². The van der Waals surface area contributed by atoms with Crippen molar-refractivity contribution in [2.45, 2.75) is 44.1 Å². The fourth-order valence-corrected chi connectivity index (χ4v) is 4.09. The Hall–Kier alpha value is -2.33. The van der Waals surface area contributed by atoms with E-state index < -0.39 is 6.36 Å². The second-order valence-corrected chi connectivity index (χ2v) is 7.53. The summed E-state index contributed by atoms with van der Waals surface area (Å²) >= 11 is 1.41. The van der Waals surface area contributed by atoms with Crippen LogP contribution in [0.3, 0.4) is 0 Å². The highest BCUT2D eigenvalue weighted by Crippen LogP contribution is 2.31. The zero-order valence-corrected chi connectivity index (χ0v) is 15.1. The summed E-state index contributed by atoms with van der Waals surface area (Å²) in [5.41, 5.74) is 7.08. The molecule has 2 aromatic heterocycles. The fraction of sp³-hybridized carbons (Fsp3) is 0.412. The number of rotatable bonds is 4. The van der Waals surface area contributed by atoms with Gasteiger partial charge in [-0.3, -0.25) is 0 Å². The zero-order valence-electron chi connectivity index (χ0n) is 14.2. The highest BCUT2D eigenvalue weighted by molar-refractivity contribution is 7.20. The molecule has 3 aromatic rings. The van der Waals surface area contributed by atoms with Crippen molar-refractivity contribution in [3.8, 4) is 17.0 Å². The molecule has 0 amide bonds. The van der Waals surface area contributed by atoms with E-state index in [0.717, 1.165) is 30.8 Å². The molecule has 1 fully saturated rings. The van der Waals surface area contributed by atoms with Crippen LogP contribution in [0, 0.1) is 0 Å². The summed E-state index contributed by atoms with van der Waals surface area (Å²) in [7, 11) is 0. The summed E-state index contributed by atoms with van der Waals surface area (Å²) < 4.78 is 43.0. The number of alkyl halides is 3. The van der Waals surface area contributed by atoms with Gasteiger partial charge < -0.3 is 15.8 Å². The van der Waals surface area contributed by atoms with Crippen LogP contribution in [-0.4, -0.2) is 33.0 Å². The number of anilines is 1. The van der Waals surface area contributed by atoms with Gasteiger partial charge in [-0.2, -0.15) is 0 Å². The van der Waals surface area contributed by atoms with E-state index in [4.69, 9.17) is 5.73 Å². The standard InChI is InChI=1S/C17H18F3N5OS/c18-17(19,20)26-13-3-1-2-10(8-13)14-9-22-16-25(14)24-15(27-16)23-12-6-4-11(21)5-7-12/h1-3,8-9,11-12H,4-7,21H2,(H,23,24). The lowest BCUT2D eigenvalue weighted by atomic mass is 9.92. The van der Waals surface area contributed by atoms with E-state index in [9.17, 15) is 13.2 Å². The van der Waals surface area contributed by atoms with Crippen LogP contribution in [0.1, 0.15) is 25.7 Å². The van der Waals surface area contributed by atoms with Gasteiger partial charge in [-0.25, -0.2) is 9.50 Å². The molecule has 0 bridgehead atoms. The molecule has 4 rings (SSSR count). The van der Waals surface area contributed by atoms with Crippen molar-refractivity contribution in [3.05, 3.63) is 30.5 Å². The van der Waals surface area contributed by atoms with Gasteiger partial charge in [0.25, 0.3) is 0 Å². The quantitative estimate of drug-likeness (QED) is 0.695. The van der Waals surface area contributed by atoms with Crippen molar-refractivity contribution in [2.24, 2.45) is 5.73 Å². The van der Waals surface area contributed by atoms with Gasteiger partial charge >= 0.3 is 6.36 Å². The third-order valence-electron chi connectivity index (χ3n) is 4.55. The summed E-state index contributed by atoms with van der Waals surface area (Å²) in [5.74, 6) is -0.276. The smallest absolute Gasteiger partial charge is 0.406 e. The predicted molar refractivity (Wildman–Crippen MR) is 96.8 cm³/mol. The third-order valence-corrected chi connectivity index (χ3v) is 5.40. The molecule has 0 spiro atoms. The van der Waals surface area contributed by atoms with Gasteiger partial charge in [0.15, 0.2) is 0 Å². The molecule has 27 heavy (non-hydrogen) atoms. The first-order valence-electron chi connectivity index (χ1n) is 8.60. The molecule has 144 valence electrons. The SMILES string of the molecule is NC1CCC(Nc2nn3c(-c4cccc(OC(F)(F)F)c4)cnc3s2)CC1. The molecule has 0 aliphatic heterocycles. The highest BCUT2D eigenvalue weighted by atomic mass is 32.1. The second-order valence-electron chi connectivity index (χ2n) is 6.58. The lowest BCUT2D eigenvalue weighted by Gasteiger charge is -2.26. The monoisotopic (exact) mass is 397 g/mol. The van der Waals surface area contributed by atoms with Crippen molar-refractivity contribution in [3.63, 3.8) is 0 Å². The lowest BCUT2D eigenvalue weighted by Crippen LogP contribution is -2.32. The first-order valence-corrected chi connectivity index (χ1v) is 9.42. The van der Waals surface area contributed by atoms with Crippen LogP contribution in [0.4, 0.5) is 18.3 Å². The Morgan fingerprint density at radius 2 is 2.00 bits per heavy atom. The number of imidazole rings is 1. The van der Waals surface area contributed by atoms with Crippen molar-refractivity contribution < 1.29 is 17.9 Å². The maximum absolute atomic E-state index is 12.5. The van der Waals surface area contributed by atoms with Gasteiger partial charge in [0.1, 0.15) is 5.75 Å². The van der Waals surface area contributed by atoms with Crippen molar-refractivity contribution >= 4 is 21.4 Å². The summed E-state index contributed by atoms with van der Waals surface area (Å²) in [6, 6.07) is 6.39. The minimum atomic E-state index is -4.73. The van der Waals surface area contributed by atoms with E-state index in [1.54, 1.807) is 16.8 Å². The highest BCUT2D eigenvalue weighted by Gasteiger charge is 2.31. The molecule has 1 saturated carbocycles. The number of fused-ring (bicyclic) bond motifs is 1. The summed E-state index contributed by atoms with van der Waals surface area (Å²) in [4.78, 5) is 4.99. The number of ether oxygens (including phenoxy) is 1. The van der Waals surface area contributed by atoms with Crippen LogP contribution in [0.25, 0.3) is 16.2 Å². The number of aromatic nitrogens is 3. The first-order chi connectivity index (χ1) is 12.9. The Bertz CT molecular complexity index is 930. The molecule has 6 nitrogen and oxygen atoms in total. The predicted octanol–water partition coefficient (Wildman–Crippen LogP) is 4.04. The number of nitrogens with one attached hydrogen (secondary N) is 1. The van der Waals surface area contributed by atoms with Crippen molar-refractivity contribution in [1.82, 2.24) is 14.6 Å². The number of benzene rings is 1. The Balaban J connectivity index is 1.56. The minimum absolute atomic E-state index is 0.273. The van der Waals surface area contributed by atoms with Gasteiger partial charge in [0, 0.05) is 17.6 Å². The Kier molecular flexibility index (Phi) is 4.68. The Labute approximate surface area is 157 Å². The van der Waals surface area contributed by atoms with E-state index in [1.807, 2.05) is 0 Å². The molecule has 0 saturated heterocycles. The van der Waals surface area contributed by atoms with Gasteiger partial charge in [-0.15, -0.1) is 18.3 Å². The largest absolute Gasteiger partial charge is 0.573 e. The summed E-state index contributed by atoms with van der Waals surface area (Å²) in [6.45, 7) is 0. The maximum atomic E-state index is 12.5. The lowest BCUT2D eigenvalue weighted by molar-refractivity contribution is -0.274. The van der Waals surface area contributed by atoms with Crippen LogP contribution < -0.4 is 15.8 Å². The molecule has 10 heteroatoms.